The van der Waals surface area contributed by atoms with E-state index in [1.54, 1.807) is 0 Å². The molecule has 6 heteroatoms. The zero-order valence-corrected chi connectivity index (χ0v) is 17.5. The zero-order valence-electron chi connectivity index (χ0n) is 15.9. The average Bonchev–Trinajstić information content (AvgIpc) is 3.19. The van der Waals surface area contributed by atoms with Crippen molar-refractivity contribution >= 4 is 33.4 Å². The van der Waals surface area contributed by atoms with Gasteiger partial charge < -0.3 is 9.47 Å². The fourth-order valence-electron chi connectivity index (χ4n) is 4.42. The lowest BCUT2D eigenvalue weighted by Crippen LogP contribution is -2.38. The summed E-state index contributed by atoms with van der Waals surface area (Å²) in [7, 11) is 0. The molecule has 0 amide bonds. The summed E-state index contributed by atoms with van der Waals surface area (Å²) in [4.78, 5) is 30.7. The molecule has 3 aliphatic rings. The maximum absolute atomic E-state index is 13.1. The van der Waals surface area contributed by atoms with Crippen molar-refractivity contribution < 1.29 is 19.1 Å². The number of Topliss-reactive ketones (excluding diaryl/α,β-unsaturated/α-hetero) is 1. The lowest BCUT2D eigenvalue weighted by atomic mass is 9.72. The van der Waals surface area contributed by atoms with Crippen molar-refractivity contribution in [3.05, 3.63) is 45.6 Å². The number of nitrogens with zero attached hydrogens (tertiary/aromatic N) is 1. The monoisotopic (exact) mass is 445 g/mol. The molecule has 3 atom stereocenters. The smallest absolute Gasteiger partial charge is 0.315 e. The van der Waals surface area contributed by atoms with Crippen LogP contribution in [0.25, 0.3) is 0 Å². The van der Waals surface area contributed by atoms with Crippen LogP contribution in [0.2, 0.25) is 0 Å². The van der Waals surface area contributed by atoms with E-state index in [0.717, 1.165) is 48.0 Å². The minimum atomic E-state index is -0.596. The van der Waals surface area contributed by atoms with Crippen molar-refractivity contribution in [3.63, 3.8) is 0 Å². The Bertz CT molecular complexity index is 854. The summed E-state index contributed by atoms with van der Waals surface area (Å²) in [5, 5.41) is 0. The van der Waals surface area contributed by atoms with Gasteiger partial charge in [0.05, 0.1) is 6.10 Å². The SMILES string of the molecule is CC1=NC2=C(C(=O)CCC2)[C@@H](c2ccccc2Br)C1C(=O)OC[C@H]1CCCO1. The molecule has 1 aromatic rings. The number of halogens is 1. The molecule has 2 heterocycles. The second-order valence-electron chi connectivity index (χ2n) is 7.63. The van der Waals surface area contributed by atoms with Crippen LogP contribution >= 0.6 is 15.9 Å². The molecular formula is C22H24BrNO4. The molecule has 1 aliphatic carbocycles. The zero-order chi connectivity index (χ0) is 19.7. The van der Waals surface area contributed by atoms with Gasteiger partial charge in [0.15, 0.2) is 5.78 Å². The Morgan fingerprint density at radius 1 is 1.29 bits per heavy atom. The number of allylic oxidation sites excluding steroid dienone is 2. The van der Waals surface area contributed by atoms with Crippen LogP contribution in [-0.2, 0) is 19.1 Å². The standard InChI is InChI=1S/C22H24BrNO4/c1-13-19(22(26)28-12-14-6-5-11-27-14)20(15-7-2-3-8-16(15)23)21-17(24-13)9-4-10-18(21)25/h2-3,7-8,14,19-20H,4-6,9-12H2,1H3/t14-,19?,20+/m1/s1. The Hall–Kier alpha value is -1.79. The number of ketones is 1. The third-order valence-electron chi connectivity index (χ3n) is 5.76. The third kappa shape index (κ3) is 3.72. The van der Waals surface area contributed by atoms with E-state index in [-0.39, 0.29) is 30.4 Å². The van der Waals surface area contributed by atoms with E-state index >= 15 is 0 Å². The molecule has 1 aromatic carbocycles. The molecule has 0 spiro atoms. The van der Waals surface area contributed by atoms with Crippen LogP contribution in [0.4, 0.5) is 0 Å². The predicted molar refractivity (Wildman–Crippen MR) is 109 cm³/mol. The lowest BCUT2D eigenvalue weighted by molar-refractivity contribution is -0.149. The fraction of sp³-hybridized carbons (Fsp3) is 0.500. The fourth-order valence-corrected chi connectivity index (χ4v) is 4.95. The van der Waals surface area contributed by atoms with Crippen molar-refractivity contribution in [1.29, 1.82) is 0 Å². The van der Waals surface area contributed by atoms with Gasteiger partial charge in [-0.3, -0.25) is 14.6 Å². The molecule has 0 N–H and O–H groups in total. The number of hydrogen-bond acceptors (Lipinski definition) is 5. The second kappa shape index (κ2) is 8.29. The number of carbonyl (C=O) groups excluding carboxylic acids is 2. The maximum Gasteiger partial charge on any atom is 0.315 e. The molecule has 1 unspecified atom stereocenters. The van der Waals surface area contributed by atoms with Crippen molar-refractivity contribution in [1.82, 2.24) is 0 Å². The van der Waals surface area contributed by atoms with Gasteiger partial charge in [0.25, 0.3) is 0 Å². The van der Waals surface area contributed by atoms with E-state index in [1.165, 1.54) is 0 Å². The van der Waals surface area contributed by atoms with Crippen molar-refractivity contribution in [2.75, 3.05) is 13.2 Å². The average molecular weight is 446 g/mol. The summed E-state index contributed by atoms with van der Waals surface area (Å²) in [6, 6.07) is 7.78. The molecule has 4 rings (SSSR count). The molecule has 0 bridgehead atoms. The van der Waals surface area contributed by atoms with Crippen LogP contribution in [0, 0.1) is 5.92 Å². The summed E-state index contributed by atoms with van der Waals surface area (Å²) in [5.41, 5.74) is 3.16. The van der Waals surface area contributed by atoms with Gasteiger partial charge in [-0.2, -0.15) is 0 Å². The van der Waals surface area contributed by atoms with Crippen LogP contribution in [0.5, 0.6) is 0 Å². The number of carbonyl (C=O) groups is 2. The van der Waals surface area contributed by atoms with E-state index in [0.29, 0.717) is 17.7 Å². The number of rotatable bonds is 4. The largest absolute Gasteiger partial charge is 0.462 e. The highest BCUT2D eigenvalue weighted by molar-refractivity contribution is 9.10. The molecule has 2 aliphatic heterocycles. The van der Waals surface area contributed by atoms with Crippen LogP contribution in [0.15, 0.2) is 45.0 Å². The van der Waals surface area contributed by atoms with Gasteiger partial charge in [-0.15, -0.1) is 0 Å². The van der Waals surface area contributed by atoms with Crippen molar-refractivity contribution in [3.8, 4) is 0 Å². The van der Waals surface area contributed by atoms with Crippen molar-refractivity contribution in [2.45, 2.75) is 51.0 Å². The van der Waals surface area contributed by atoms with E-state index in [2.05, 4.69) is 20.9 Å². The van der Waals surface area contributed by atoms with Crippen LogP contribution in [0.1, 0.15) is 50.5 Å². The first-order valence-electron chi connectivity index (χ1n) is 9.90. The highest BCUT2D eigenvalue weighted by atomic mass is 79.9. The molecule has 28 heavy (non-hydrogen) atoms. The van der Waals surface area contributed by atoms with Gasteiger partial charge in [0, 0.05) is 40.4 Å². The molecule has 5 nitrogen and oxygen atoms in total. The molecule has 1 saturated heterocycles. The van der Waals surface area contributed by atoms with Gasteiger partial charge in [-0.1, -0.05) is 34.1 Å². The first-order chi connectivity index (χ1) is 13.6. The quantitative estimate of drug-likeness (QED) is 0.645. The normalized spacial score (nSPS) is 27.4. The first-order valence-corrected chi connectivity index (χ1v) is 10.7. The van der Waals surface area contributed by atoms with Gasteiger partial charge in [0.1, 0.15) is 12.5 Å². The molecule has 0 radical (unpaired) electrons. The predicted octanol–water partition coefficient (Wildman–Crippen LogP) is 4.35. The van der Waals surface area contributed by atoms with Gasteiger partial charge in [-0.25, -0.2) is 0 Å². The number of ether oxygens (including phenoxy) is 2. The summed E-state index contributed by atoms with van der Waals surface area (Å²) in [6.45, 7) is 2.84. The Kier molecular flexibility index (Phi) is 5.78. The Morgan fingerprint density at radius 3 is 2.86 bits per heavy atom. The van der Waals surface area contributed by atoms with E-state index in [1.807, 2.05) is 31.2 Å². The highest BCUT2D eigenvalue weighted by Gasteiger charge is 2.43. The summed E-state index contributed by atoms with van der Waals surface area (Å²) < 4.78 is 12.1. The summed E-state index contributed by atoms with van der Waals surface area (Å²) >= 11 is 3.61. The summed E-state index contributed by atoms with van der Waals surface area (Å²) in [5.74, 6) is -1.20. The van der Waals surface area contributed by atoms with E-state index in [4.69, 9.17) is 9.47 Å². The van der Waals surface area contributed by atoms with Gasteiger partial charge in [-0.05, 0) is 44.2 Å². The number of benzene rings is 1. The van der Waals surface area contributed by atoms with Crippen LogP contribution in [0.3, 0.4) is 0 Å². The van der Waals surface area contributed by atoms with E-state index < -0.39 is 5.92 Å². The van der Waals surface area contributed by atoms with Crippen LogP contribution < -0.4 is 0 Å². The first kappa shape index (κ1) is 19.5. The second-order valence-corrected chi connectivity index (χ2v) is 8.49. The minimum Gasteiger partial charge on any atom is -0.462 e. The minimum absolute atomic E-state index is 0.0298. The van der Waals surface area contributed by atoms with Crippen molar-refractivity contribution in [2.24, 2.45) is 10.9 Å². The molecule has 148 valence electrons. The number of esters is 1. The Morgan fingerprint density at radius 2 is 2.11 bits per heavy atom. The molecule has 0 aromatic heterocycles. The highest BCUT2D eigenvalue weighted by Crippen LogP contribution is 2.45. The third-order valence-corrected chi connectivity index (χ3v) is 6.49. The van der Waals surface area contributed by atoms with Crippen LogP contribution in [-0.4, -0.2) is 36.8 Å². The lowest BCUT2D eigenvalue weighted by Gasteiger charge is -2.35. The molecule has 1 fully saturated rings. The number of hydrogen-bond donors (Lipinski definition) is 0. The molecular weight excluding hydrogens is 422 g/mol. The van der Waals surface area contributed by atoms with Gasteiger partial charge in [0.2, 0.25) is 0 Å². The van der Waals surface area contributed by atoms with Gasteiger partial charge >= 0.3 is 5.97 Å². The van der Waals surface area contributed by atoms with E-state index in [9.17, 15) is 9.59 Å². The maximum atomic E-state index is 13.1. The molecule has 0 saturated carbocycles. The Balaban J connectivity index is 1.70. The Labute approximate surface area is 173 Å². The topological polar surface area (TPSA) is 65.0 Å². The number of aliphatic imine (C=N–C) groups is 1. The summed E-state index contributed by atoms with van der Waals surface area (Å²) in [6.07, 6.45) is 3.97.